The molecule has 84 valence electrons. The van der Waals surface area contributed by atoms with Gasteiger partial charge in [-0.2, -0.15) is 5.26 Å². The van der Waals surface area contributed by atoms with Gasteiger partial charge >= 0.3 is 6.03 Å². The van der Waals surface area contributed by atoms with E-state index in [0.29, 0.717) is 11.3 Å². The van der Waals surface area contributed by atoms with Crippen LogP contribution in [0.2, 0.25) is 0 Å². The highest BCUT2D eigenvalue weighted by atomic mass is 16.3. The van der Waals surface area contributed by atoms with Crippen molar-refractivity contribution in [2.45, 2.75) is 13.0 Å². The number of anilines is 1. The van der Waals surface area contributed by atoms with Crippen molar-refractivity contribution in [3.63, 3.8) is 0 Å². The molecule has 5 heteroatoms. The number of carbonyl (C=O) groups is 1. The predicted molar refractivity (Wildman–Crippen MR) is 59.9 cm³/mol. The lowest BCUT2D eigenvalue weighted by atomic mass is 10.2. The maximum absolute atomic E-state index is 11.4. The third-order valence-corrected chi connectivity index (χ3v) is 1.90. The van der Waals surface area contributed by atoms with Gasteiger partial charge in [0, 0.05) is 5.69 Å². The molecule has 1 rings (SSSR count). The van der Waals surface area contributed by atoms with Crippen LogP contribution >= 0.6 is 0 Å². The molecule has 0 bridgehead atoms. The second-order valence-corrected chi connectivity index (χ2v) is 3.37. The van der Waals surface area contributed by atoms with Crippen LogP contribution in [0.5, 0.6) is 0 Å². The summed E-state index contributed by atoms with van der Waals surface area (Å²) in [5, 5.41) is 22.5. The smallest absolute Gasteiger partial charge is 0.319 e. The minimum Gasteiger partial charge on any atom is -0.394 e. The second kappa shape index (κ2) is 5.73. The molecule has 0 aliphatic rings. The molecule has 0 radical (unpaired) electrons. The normalized spacial score (nSPS) is 11.3. The Morgan fingerprint density at radius 3 is 3.00 bits per heavy atom. The summed E-state index contributed by atoms with van der Waals surface area (Å²) >= 11 is 0. The minimum atomic E-state index is -0.406. The summed E-state index contributed by atoms with van der Waals surface area (Å²) in [6, 6.07) is 7.86. The Morgan fingerprint density at radius 2 is 2.38 bits per heavy atom. The molecule has 0 unspecified atom stereocenters. The molecule has 0 aromatic heterocycles. The van der Waals surface area contributed by atoms with Crippen molar-refractivity contribution in [3.8, 4) is 6.07 Å². The standard InChI is InChI=1S/C11H13N3O2/c1-8(7-15)13-11(16)14-10-4-2-3-9(5-10)6-12/h2-5,8,15H,7H2,1H3,(H2,13,14,16)/t8-/m1/s1. The van der Waals surface area contributed by atoms with Crippen molar-refractivity contribution in [2.75, 3.05) is 11.9 Å². The van der Waals surface area contributed by atoms with Gasteiger partial charge in [-0.15, -0.1) is 0 Å². The highest BCUT2D eigenvalue weighted by Crippen LogP contribution is 2.09. The number of benzene rings is 1. The maximum Gasteiger partial charge on any atom is 0.319 e. The van der Waals surface area contributed by atoms with E-state index in [2.05, 4.69) is 10.6 Å². The molecule has 1 atom stereocenters. The van der Waals surface area contributed by atoms with Crippen molar-refractivity contribution < 1.29 is 9.90 Å². The fourth-order valence-electron chi connectivity index (χ4n) is 1.10. The molecule has 5 nitrogen and oxygen atoms in total. The number of nitrogens with zero attached hydrogens (tertiary/aromatic N) is 1. The zero-order valence-electron chi connectivity index (χ0n) is 8.90. The van der Waals surface area contributed by atoms with Crippen LogP contribution in [-0.2, 0) is 0 Å². The van der Waals surface area contributed by atoms with E-state index in [0.717, 1.165) is 0 Å². The average Bonchev–Trinajstić information content (AvgIpc) is 2.28. The number of aliphatic hydroxyl groups excluding tert-OH is 1. The first kappa shape index (κ1) is 12.0. The van der Waals surface area contributed by atoms with E-state index in [-0.39, 0.29) is 12.6 Å². The number of hydrogen-bond donors (Lipinski definition) is 3. The summed E-state index contributed by atoms with van der Waals surface area (Å²) in [5.41, 5.74) is 1.02. The monoisotopic (exact) mass is 219 g/mol. The molecule has 16 heavy (non-hydrogen) atoms. The van der Waals surface area contributed by atoms with Crippen LogP contribution in [0.4, 0.5) is 10.5 Å². The average molecular weight is 219 g/mol. The Labute approximate surface area is 93.7 Å². The number of hydrogen-bond acceptors (Lipinski definition) is 3. The van der Waals surface area contributed by atoms with Crippen LogP contribution in [0.15, 0.2) is 24.3 Å². The van der Waals surface area contributed by atoms with Gasteiger partial charge in [0.15, 0.2) is 0 Å². The first-order valence-corrected chi connectivity index (χ1v) is 4.84. The van der Waals surface area contributed by atoms with Crippen molar-refractivity contribution in [1.29, 1.82) is 5.26 Å². The largest absolute Gasteiger partial charge is 0.394 e. The molecule has 0 aliphatic heterocycles. The van der Waals surface area contributed by atoms with Crippen LogP contribution in [0.3, 0.4) is 0 Å². The Hall–Kier alpha value is -2.06. The third-order valence-electron chi connectivity index (χ3n) is 1.90. The summed E-state index contributed by atoms with van der Waals surface area (Å²) < 4.78 is 0. The lowest BCUT2D eigenvalue weighted by Gasteiger charge is -2.11. The molecule has 3 N–H and O–H groups in total. The Morgan fingerprint density at radius 1 is 1.62 bits per heavy atom. The first-order valence-electron chi connectivity index (χ1n) is 4.84. The van der Waals surface area contributed by atoms with E-state index in [1.807, 2.05) is 6.07 Å². The highest BCUT2D eigenvalue weighted by Gasteiger charge is 2.05. The number of amides is 2. The Kier molecular flexibility index (Phi) is 4.30. The van der Waals surface area contributed by atoms with Gasteiger partial charge in [0.1, 0.15) is 0 Å². The summed E-state index contributed by atoms with van der Waals surface area (Å²) in [6.07, 6.45) is 0. The maximum atomic E-state index is 11.4. The summed E-state index contributed by atoms with van der Waals surface area (Å²) in [7, 11) is 0. The van der Waals surface area contributed by atoms with Crippen LogP contribution in [0, 0.1) is 11.3 Å². The second-order valence-electron chi connectivity index (χ2n) is 3.37. The van der Waals surface area contributed by atoms with Gasteiger partial charge in [-0.05, 0) is 25.1 Å². The fourth-order valence-corrected chi connectivity index (χ4v) is 1.10. The van der Waals surface area contributed by atoms with E-state index in [4.69, 9.17) is 10.4 Å². The van der Waals surface area contributed by atoms with Crippen LogP contribution in [0.1, 0.15) is 12.5 Å². The van der Waals surface area contributed by atoms with Crippen LogP contribution in [-0.4, -0.2) is 23.8 Å². The number of rotatable bonds is 3. The molecule has 1 aromatic carbocycles. The van der Waals surface area contributed by atoms with Crippen molar-refractivity contribution in [2.24, 2.45) is 0 Å². The van der Waals surface area contributed by atoms with Crippen molar-refractivity contribution in [1.82, 2.24) is 5.32 Å². The fraction of sp³-hybridized carbons (Fsp3) is 0.273. The zero-order valence-corrected chi connectivity index (χ0v) is 8.90. The van der Waals surface area contributed by atoms with Gasteiger partial charge in [0.25, 0.3) is 0 Å². The molecule has 1 aromatic rings. The van der Waals surface area contributed by atoms with Gasteiger partial charge in [0.05, 0.1) is 24.3 Å². The molecule has 0 aliphatic carbocycles. The molecule has 0 fully saturated rings. The van der Waals surface area contributed by atoms with E-state index >= 15 is 0 Å². The van der Waals surface area contributed by atoms with Gasteiger partial charge in [0.2, 0.25) is 0 Å². The lowest BCUT2D eigenvalue weighted by molar-refractivity contribution is 0.229. The van der Waals surface area contributed by atoms with Crippen molar-refractivity contribution in [3.05, 3.63) is 29.8 Å². The predicted octanol–water partition coefficient (Wildman–Crippen LogP) is 1.06. The number of nitriles is 1. The van der Waals surface area contributed by atoms with E-state index in [1.165, 1.54) is 0 Å². The lowest BCUT2D eigenvalue weighted by Crippen LogP contribution is -2.38. The van der Waals surface area contributed by atoms with Gasteiger partial charge < -0.3 is 15.7 Å². The van der Waals surface area contributed by atoms with E-state index in [1.54, 1.807) is 31.2 Å². The molecular formula is C11H13N3O2. The Balaban J connectivity index is 2.60. The van der Waals surface area contributed by atoms with Crippen LogP contribution < -0.4 is 10.6 Å². The molecule has 0 saturated heterocycles. The summed E-state index contributed by atoms with van der Waals surface area (Å²) in [4.78, 5) is 11.4. The van der Waals surface area contributed by atoms with E-state index in [9.17, 15) is 4.79 Å². The van der Waals surface area contributed by atoms with E-state index < -0.39 is 6.03 Å². The van der Waals surface area contributed by atoms with Gasteiger partial charge in [-0.25, -0.2) is 4.79 Å². The number of nitrogens with one attached hydrogen (secondary N) is 2. The van der Waals surface area contributed by atoms with Crippen molar-refractivity contribution >= 4 is 11.7 Å². The quantitative estimate of drug-likeness (QED) is 0.710. The SMILES string of the molecule is C[C@H](CO)NC(=O)Nc1cccc(C#N)c1. The van der Waals surface area contributed by atoms with Gasteiger partial charge in [-0.3, -0.25) is 0 Å². The number of carbonyl (C=O) groups excluding carboxylic acids is 1. The molecule has 0 saturated carbocycles. The number of urea groups is 1. The summed E-state index contributed by atoms with van der Waals surface area (Å²) in [6.45, 7) is 1.57. The molecule has 0 spiro atoms. The Bertz CT molecular complexity index is 412. The molecule has 2 amide bonds. The first-order chi connectivity index (χ1) is 7.65. The third kappa shape index (κ3) is 3.59. The van der Waals surface area contributed by atoms with Crippen LogP contribution in [0.25, 0.3) is 0 Å². The minimum absolute atomic E-state index is 0.119. The molecule has 0 heterocycles. The topological polar surface area (TPSA) is 85.2 Å². The summed E-state index contributed by atoms with van der Waals surface area (Å²) in [5.74, 6) is 0. The zero-order chi connectivity index (χ0) is 12.0. The number of aliphatic hydroxyl groups is 1. The van der Waals surface area contributed by atoms with Gasteiger partial charge in [-0.1, -0.05) is 6.07 Å². The molecular weight excluding hydrogens is 206 g/mol. The highest BCUT2D eigenvalue weighted by molar-refractivity contribution is 5.89.